The molecule has 1 aromatic heterocycles. The number of aromatic nitrogens is 1. The highest BCUT2D eigenvalue weighted by Gasteiger charge is 2.49. The standard InChI is InChI=1S/C79H66N5O5P3S2/c85-75(81-52-26-54-90(61-27-9-1-10-28-61,62-29-11-2-12-30-62)63-31-13-3-14-32-63)58-43-49-70(79(88)89-53-25-51-80-60-46-50-71-74(56-60)94-77(82-71)76-83-72(57-93-76)78(86)87)73(55-58)92(68-39-21-7-22-40-68,69-41-23-8-24-42-69)84-59-44-47-67(48-45-59)91(64-33-15-4-16-34-64,65-35-17-5-18-36-65)66-37-19-6-20-38-66/h1-24,27-50,55-56,72H,25-26,51-54,57H2,(H-2,80,81,83,85,86,87)/p+2/t72-/m1/s1. The molecule has 1 atom stereocenters. The number of aliphatic carboxylic acids is 1. The average molecular weight is 1320 g/mol. The number of amides is 1. The number of aliphatic imine (C=N–C) groups is 1. The molecule has 0 bridgehead atoms. The van der Waals surface area contributed by atoms with Gasteiger partial charge in [-0.3, -0.25) is 9.79 Å². The Labute approximate surface area is 558 Å². The first-order chi connectivity index (χ1) is 46.2. The van der Waals surface area contributed by atoms with Crippen LogP contribution >= 0.6 is 45.0 Å². The molecule has 0 saturated heterocycles. The molecule has 0 saturated carbocycles. The van der Waals surface area contributed by atoms with Crippen molar-refractivity contribution in [3.05, 3.63) is 325 Å². The highest BCUT2D eigenvalue weighted by atomic mass is 32.2. The van der Waals surface area contributed by atoms with E-state index in [0.29, 0.717) is 63.9 Å². The number of carbonyl (C=O) groups excluding carboxylic acids is 2. The van der Waals surface area contributed by atoms with E-state index in [9.17, 15) is 9.90 Å². The van der Waals surface area contributed by atoms with E-state index >= 15 is 9.59 Å². The lowest BCUT2D eigenvalue weighted by atomic mass is 10.1. The fourth-order valence-electron chi connectivity index (χ4n) is 12.6. The number of carboxylic acid groups (broad SMARTS) is 1. The van der Waals surface area contributed by atoms with Crippen molar-refractivity contribution in [2.75, 3.05) is 36.9 Å². The second-order valence-corrected chi connectivity index (χ2v) is 34.7. The van der Waals surface area contributed by atoms with Crippen molar-refractivity contribution in [1.82, 2.24) is 10.3 Å². The van der Waals surface area contributed by atoms with Gasteiger partial charge in [-0.1, -0.05) is 158 Å². The Morgan fingerprint density at radius 3 is 1.49 bits per heavy atom. The maximum Gasteiger partial charge on any atom is 0.342 e. The fraction of sp³-hybridized carbons (Fsp3) is 0.101. The van der Waals surface area contributed by atoms with Gasteiger partial charge in [0.05, 0.1) is 41.0 Å². The van der Waals surface area contributed by atoms with Gasteiger partial charge in [-0.05, 0) is 158 Å². The van der Waals surface area contributed by atoms with Gasteiger partial charge < -0.3 is 25.6 Å². The second-order valence-electron chi connectivity index (χ2n) is 22.7. The van der Waals surface area contributed by atoms with E-state index in [4.69, 9.17) is 14.8 Å². The van der Waals surface area contributed by atoms with Crippen LogP contribution in [-0.4, -0.2) is 70.6 Å². The van der Waals surface area contributed by atoms with E-state index in [2.05, 4.69) is 246 Å². The number of thioether (sulfide) groups is 1. The van der Waals surface area contributed by atoms with Crippen LogP contribution in [-0.2, 0) is 9.53 Å². The minimum absolute atomic E-state index is 0.108. The summed E-state index contributed by atoms with van der Waals surface area (Å²) in [4.78, 5) is 51.1. The van der Waals surface area contributed by atoms with Crippen molar-refractivity contribution >= 4 is 143 Å². The number of benzene rings is 11. The van der Waals surface area contributed by atoms with Crippen LogP contribution < -0.4 is 63.7 Å². The molecule has 12 aromatic rings. The van der Waals surface area contributed by atoms with Crippen molar-refractivity contribution in [2.24, 2.45) is 4.99 Å². The van der Waals surface area contributed by atoms with E-state index < -0.39 is 39.9 Å². The number of thiazole rings is 1. The molecule has 1 aliphatic rings. The zero-order valence-electron chi connectivity index (χ0n) is 51.5. The first kappa shape index (κ1) is 63.4. The molecule has 2 heterocycles. The van der Waals surface area contributed by atoms with Crippen LogP contribution in [0.25, 0.3) is 15.3 Å². The fourth-order valence-corrected chi connectivity index (χ4v) is 27.0. The molecule has 1 aliphatic heterocycles. The summed E-state index contributed by atoms with van der Waals surface area (Å²) in [6, 6.07) is 104. The number of fused-ring (bicyclic) bond motifs is 1. The quantitative estimate of drug-likeness (QED) is 0.0292. The predicted molar refractivity (Wildman–Crippen MR) is 400 cm³/mol. The minimum Gasteiger partial charge on any atom is -0.509 e. The summed E-state index contributed by atoms with van der Waals surface area (Å²) in [5, 5.41) is 34.8. The number of carbonyl (C=O) groups is 3. The third-order valence-electron chi connectivity index (χ3n) is 17.0. The smallest absolute Gasteiger partial charge is 0.342 e. The topological polar surface area (TPSA) is 144 Å². The van der Waals surface area contributed by atoms with Gasteiger partial charge in [0, 0.05) is 30.1 Å². The van der Waals surface area contributed by atoms with Crippen LogP contribution in [0.5, 0.6) is 0 Å². The molecule has 0 fully saturated rings. The summed E-state index contributed by atoms with van der Waals surface area (Å²) in [5.74, 6) is -1.33. The third-order valence-corrected chi connectivity index (χ3v) is 31.7. The Balaban J connectivity index is 0.850. The number of anilines is 1. The molecule has 13 rings (SSSR count). The lowest BCUT2D eigenvalue weighted by Crippen LogP contribution is -2.38. The minimum atomic E-state index is -3.33. The zero-order chi connectivity index (χ0) is 64.2. The number of hydrogen-bond acceptors (Lipinski definition) is 9. The number of rotatable bonds is 25. The molecule has 0 spiro atoms. The largest absolute Gasteiger partial charge is 0.509 e. The highest BCUT2D eigenvalue weighted by Crippen LogP contribution is 2.66. The Kier molecular flexibility index (Phi) is 19.8. The number of hydrogen-bond donors (Lipinski definition) is 3. The van der Waals surface area contributed by atoms with Crippen molar-refractivity contribution in [3.63, 3.8) is 0 Å². The van der Waals surface area contributed by atoms with Gasteiger partial charge >= 0.3 is 11.9 Å². The lowest BCUT2D eigenvalue weighted by molar-refractivity contribution is -0.137. The molecule has 15 heteroatoms. The van der Waals surface area contributed by atoms with Crippen LogP contribution in [0.4, 0.5) is 11.4 Å². The van der Waals surface area contributed by atoms with Crippen LogP contribution in [0, 0.1) is 0 Å². The van der Waals surface area contributed by atoms with Crippen molar-refractivity contribution in [1.29, 1.82) is 0 Å². The van der Waals surface area contributed by atoms with E-state index in [1.807, 2.05) is 60.7 Å². The SMILES string of the molecule is O=C(NCCC[P+](c1ccccc1)(c1ccccc1)c1ccccc1)c1ccc(C(=O)OCCCNc2ccc3nc(C4=N[C@@H](C(=O)O)CS4)sc3c2)c([P+]([N-]c2ccc([P+](c3ccccc3)(c3ccccc3)c3ccccc3)cc2)(c2ccccc2)c2ccccc2)c1. The Hall–Kier alpha value is -9.37. The van der Waals surface area contributed by atoms with Crippen LogP contribution in [0.3, 0.4) is 0 Å². The van der Waals surface area contributed by atoms with Gasteiger partial charge in [-0.25, -0.2) is 14.6 Å². The van der Waals surface area contributed by atoms with Crippen molar-refractivity contribution < 1.29 is 24.2 Å². The zero-order valence-corrected chi connectivity index (χ0v) is 55.8. The van der Waals surface area contributed by atoms with E-state index in [-0.39, 0.29) is 12.5 Å². The van der Waals surface area contributed by atoms with Gasteiger partial charge in [0.15, 0.2) is 6.04 Å². The Morgan fingerprint density at radius 2 is 1.00 bits per heavy atom. The average Bonchev–Trinajstić information content (AvgIpc) is 0.933. The normalized spacial score (nSPS) is 13.2. The molecule has 0 unspecified atom stereocenters. The molecule has 11 aromatic carbocycles. The molecular formula is C79H68N5O5P3S2+2. The third kappa shape index (κ3) is 13.1. The molecule has 10 nitrogen and oxygen atoms in total. The molecule has 3 N–H and O–H groups in total. The van der Waals surface area contributed by atoms with E-state index in [0.717, 1.165) is 38.0 Å². The number of nitrogens with zero attached hydrogens (tertiary/aromatic N) is 3. The number of esters is 1. The van der Waals surface area contributed by atoms with Gasteiger partial charge in [0.2, 0.25) is 0 Å². The monoisotopic (exact) mass is 1320 g/mol. The number of ether oxygens (including phenoxy) is 1. The van der Waals surface area contributed by atoms with Crippen molar-refractivity contribution in [2.45, 2.75) is 18.9 Å². The molecule has 1 amide bonds. The summed E-state index contributed by atoms with van der Waals surface area (Å²) >= 11 is 2.89. The summed E-state index contributed by atoms with van der Waals surface area (Å²) in [6.45, 7) is 1.02. The predicted octanol–water partition coefficient (Wildman–Crippen LogP) is 13.5. The Morgan fingerprint density at radius 1 is 0.521 bits per heavy atom. The van der Waals surface area contributed by atoms with Crippen LogP contribution in [0.15, 0.2) is 308 Å². The highest BCUT2D eigenvalue weighted by molar-refractivity contribution is 8.15. The van der Waals surface area contributed by atoms with Crippen molar-refractivity contribution in [3.8, 4) is 0 Å². The summed E-state index contributed by atoms with van der Waals surface area (Å²) in [6.07, 6.45) is 2.02. The maximum atomic E-state index is 15.3. The number of nitrogens with one attached hydrogen (secondary N) is 2. The van der Waals surface area contributed by atoms with Crippen LogP contribution in [0.1, 0.15) is 38.6 Å². The molecule has 0 aliphatic carbocycles. The molecule has 464 valence electrons. The summed E-state index contributed by atoms with van der Waals surface area (Å²) < 4.78 is 7.26. The maximum absolute atomic E-state index is 15.3. The second kappa shape index (κ2) is 29.3. The summed E-state index contributed by atoms with van der Waals surface area (Å²) in [5.41, 5.74) is 3.12. The number of carboxylic acids is 1. The molecular weight excluding hydrogens is 1260 g/mol. The van der Waals surface area contributed by atoms with Gasteiger partial charge in [0.25, 0.3) is 5.91 Å². The molecule has 0 radical (unpaired) electrons. The van der Waals surface area contributed by atoms with Crippen LogP contribution in [0.2, 0.25) is 0 Å². The van der Waals surface area contributed by atoms with Gasteiger partial charge in [-0.2, -0.15) is 0 Å². The first-order valence-corrected chi connectivity index (χ1v) is 38.7. The molecule has 94 heavy (non-hydrogen) atoms. The van der Waals surface area contributed by atoms with Gasteiger partial charge in [0.1, 0.15) is 72.6 Å². The lowest BCUT2D eigenvalue weighted by Gasteiger charge is -2.40. The van der Waals surface area contributed by atoms with E-state index in [1.54, 1.807) is 12.1 Å². The first-order valence-electron chi connectivity index (χ1n) is 31.4. The van der Waals surface area contributed by atoms with E-state index in [1.165, 1.54) is 54.9 Å². The Bertz CT molecular complexity index is 4350. The van der Waals surface area contributed by atoms with Gasteiger partial charge in [-0.15, -0.1) is 28.8 Å². The summed E-state index contributed by atoms with van der Waals surface area (Å²) in [7, 11) is -7.98.